The van der Waals surface area contributed by atoms with Crippen molar-refractivity contribution < 1.29 is 8.42 Å². The standard InChI is InChI=1S/C10H10ClNO2S/c11-15(13,14)10-3-1-8(2-4-10)9-5-6-12-7-9/h1-5,12H,6-7H2. The van der Waals surface area contributed by atoms with Crippen molar-refractivity contribution in [3.63, 3.8) is 0 Å². The van der Waals surface area contributed by atoms with Gasteiger partial charge in [0.25, 0.3) is 9.05 Å². The van der Waals surface area contributed by atoms with Gasteiger partial charge in [-0.05, 0) is 23.3 Å². The SMILES string of the molecule is O=S(=O)(Cl)c1ccc(C2=CCNC2)cc1. The van der Waals surface area contributed by atoms with Gasteiger partial charge in [0.2, 0.25) is 0 Å². The highest BCUT2D eigenvalue weighted by molar-refractivity contribution is 8.13. The van der Waals surface area contributed by atoms with Crippen molar-refractivity contribution >= 4 is 25.3 Å². The maximum Gasteiger partial charge on any atom is 0.261 e. The number of rotatable bonds is 2. The second-order valence-electron chi connectivity index (χ2n) is 3.32. The third-order valence-electron chi connectivity index (χ3n) is 2.31. The second-order valence-corrected chi connectivity index (χ2v) is 5.89. The van der Waals surface area contributed by atoms with Crippen LogP contribution in [0.4, 0.5) is 0 Å². The van der Waals surface area contributed by atoms with Gasteiger partial charge in [-0.1, -0.05) is 18.2 Å². The van der Waals surface area contributed by atoms with Crippen LogP contribution in [0.5, 0.6) is 0 Å². The fourth-order valence-electron chi connectivity index (χ4n) is 1.53. The highest BCUT2D eigenvalue weighted by Crippen LogP contribution is 2.20. The van der Waals surface area contributed by atoms with Crippen molar-refractivity contribution in [2.75, 3.05) is 13.1 Å². The van der Waals surface area contributed by atoms with Crippen LogP contribution in [0.15, 0.2) is 35.2 Å². The molecule has 1 heterocycles. The lowest BCUT2D eigenvalue weighted by Gasteiger charge is -2.02. The molecule has 0 fully saturated rings. The molecule has 1 aliphatic rings. The van der Waals surface area contributed by atoms with Gasteiger partial charge in [-0.3, -0.25) is 0 Å². The maximum atomic E-state index is 11.0. The van der Waals surface area contributed by atoms with Gasteiger partial charge < -0.3 is 5.32 Å². The summed E-state index contributed by atoms with van der Waals surface area (Å²) in [5.41, 5.74) is 2.22. The molecule has 0 atom stereocenters. The molecule has 0 spiro atoms. The van der Waals surface area contributed by atoms with Crippen LogP contribution in [0.2, 0.25) is 0 Å². The molecule has 1 aliphatic heterocycles. The zero-order chi connectivity index (χ0) is 10.9. The normalized spacial score (nSPS) is 16.5. The van der Waals surface area contributed by atoms with E-state index >= 15 is 0 Å². The Labute approximate surface area is 93.2 Å². The van der Waals surface area contributed by atoms with E-state index in [1.165, 1.54) is 17.7 Å². The average Bonchev–Trinajstić information content (AvgIpc) is 2.69. The van der Waals surface area contributed by atoms with Crippen LogP contribution < -0.4 is 5.32 Å². The summed E-state index contributed by atoms with van der Waals surface area (Å²) in [5, 5.41) is 3.18. The van der Waals surface area contributed by atoms with E-state index in [0.29, 0.717) is 0 Å². The van der Waals surface area contributed by atoms with E-state index in [9.17, 15) is 8.42 Å². The lowest BCUT2D eigenvalue weighted by atomic mass is 10.1. The molecule has 0 amide bonds. The Balaban J connectivity index is 2.32. The van der Waals surface area contributed by atoms with Gasteiger partial charge in [-0.2, -0.15) is 0 Å². The summed E-state index contributed by atoms with van der Waals surface area (Å²) in [6.07, 6.45) is 2.09. The van der Waals surface area contributed by atoms with Crippen LogP contribution in [0.25, 0.3) is 5.57 Å². The minimum absolute atomic E-state index is 0.138. The van der Waals surface area contributed by atoms with E-state index in [1.54, 1.807) is 12.1 Å². The maximum absolute atomic E-state index is 11.0. The molecule has 3 nitrogen and oxygen atoms in total. The minimum atomic E-state index is -3.61. The summed E-state index contributed by atoms with van der Waals surface area (Å²) >= 11 is 0. The van der Waals surface area contributed by atoms with Crippen LogP contribution in [0, 0.1) is 0 Å². The molecule has 0 aliphatic carbocycles. The van der Waals surface area contributed by atoms with Crippen molar-refractivity contribution in [2.45, 2.75) is 4.90 Å². The molecule has 1 N–H and O–H groups in total. The molecule has 80 valence electrons. The number of hydrogen-bond donors (Lipinski definition) is 1. The van der Waals surface area contributed by atoms with Crippen LogP contribution in [0.3, 0.4) is 0 Å². The molecule has 1 aromatic rings. The molecular formula is C10H10ClNO2S. The molecule has 0 unspecified atom stereocenters. The van der Waals surface area contributed by atoms with Gasteiger partial charge in [0.1, 0.15) is 0 Å². The monoisotopic (exact) mass is 243 g/mol. The van der Waals surface area contributed by atoms with Crippen molar-refractivity contribution in [3.05, 3.63) is 35.9 Å². The minimum Gasteiger partial charge on any atom is -0.309 e. The third kappa shape index (κ3) is 2.40. The molecule has 0 saturated heterocycles. The van der Waals surface area contributed by atoms with Crippen molar-refractivity contribution in [1.29, 1.82) is 0 Å². The fourth-order valence-corrected chi connectivity index (χ4v) is 2.30. The Morgan fingerprint density at radius 1 is 1.20 bits per heavy atom. The smallest absolute Gasteiger partial charge is 0.261 e. The highest BCUT2D eigenvalue weighted by Gasteiger charge is 2.11. The Bertz CT molecular complexity index is 491. The first-order chi connectivity index (χ1) is 7.07. The molecule has 2 rings (SSSR count). The van der Waals surface area contributed by atoms with Crippen LogP contribution in [-0.2, 0) is 9.05 Å². The highest BCUT2D eigenvalue weighted by atomic mass is 35.7. The third-order valence-corrected chi connectivity index (χ3v) is 3.68. The Morgan fingerprint density at radius 3 is 2.33 bits per heavy atom. The molecule has 1 aromatic carbocycles. The number of benzene rings is 1. The van der Waals surface area contributed by atoms with Crippen molar-refractivity contribution in [3.8, 4) is 0 Å². The summed E-state index contributed by atoms with van der Waals surface area (Å²) in [6, 6.07) is 6.59. The van der Waals surface area contributed by atoms with E-state index in [2.05, 4.69) is 11.4 Å². The first-order valence-corrected chi connectivity index (χ1v) is 6.83. The first kappa shape index (κ1) is 10.7. The topological polar surface area (TPSA) is 46.2 Å². The van der Waals surface area contributed by atoms with Crippen LogP contribution in [-0.4, -0.2) is 21.5 Å². The van der Waals surface area contributed by atoms with Gasteiger partial charge in [0.05, 0.1) is 4.90 Å². The predicted molar refractivity (Wildman–Crippen MR) is 60.3 cm³/mol. The molecule has 0 bridgehead atoms. The predicted octanol–water partition coefficient (Wildman–Crippen LogP) is 1.60. The van der Waals surface area contributed by atoms with E-state index in [4.69, 9.17) is 10.7 Å². The Hall–Kier alpha value is -0.840. The van der Waals surface area contributed by atoms with Gasteiger partial charge in [-0.25, -0.2) is 8.42 Å². The quantitative estimate of drug-likeness (QED) is 0.803. The van der Waals surface area contributed by atoms with E-state index in [-0.39, 0.29) is 4.90 Å². The molecule has 0 saturated carbocycles. The summed E-state index contributed by atoms with van der Waals surface area (Å²) in [5.74, 6) is 0. The average molecular weight is 244 g/mol. The van der Waals surface area contributed by atoms with Crippen LogP contribution in [0.1, 0.15) is 5.56 Å². The zero-order valence-electron chi connectivity index (χ0n) is 7.90. The van der Waals surface area contributed by atoms with Gasteiger partial charge in [-0.15, -0.1) is 0 Å². The molecular weight excluding hydrogens is 234 g/mol. The second kappa shape index (κ2) is 3.96. The lowest BCUT2D eigenvalue weighted by Crippen LogP contribution is -2.07. The summed E-state index contributed by atoms with van der Waals surface area (Å²) in [7, 11) is 1.61. The Kier molecular flexibility index (Phi) is 2.82. The van der Waals surface area contributed by atoms with Crippen molar-refractivity contribution in [1.82, 2.24) is 5.32 Å². The zero-order valence-corrected chi connectivity index (χ0v) is 9.48. The van der Waals surface area contributed by atoms with Crippen molar-refractivity contribution in [2.24, 2.45) is 0 Å². The van der Waals surface area contributed by atoms with Gasteiger partial charge >= 0.3 is 0 Å². The van der Waals surface area contributed by atoms with E-state index in [1.807, 2.05) is 0 Å². The number of nitrogens with one attached hydrogen (secondary N) is 1. The van der Waals surface area contributed by atoms with Crippen LogP contribution >= 0.6 is 10.7 Å². The van der Waals surface area contributed by atoms with Gasteiger partial charge in [0.15, 0.2) is 0 Å². The molecule has 0 radical (unpaired) electrons. The lowest BCUT2D eigenvalue weighted by molar-refractivity contribution is 0.609. The molecule has 15 heavy (non-hydrogen) atoms. The molecule has 5 heteroatoms. The first-order valence-electron chi connectivity index (χ1n) is 4.52. The summed E-state index contributed by atoms with van der Waals surface area (Å²) in [4.78, 5) is 0.138. The summed E-state index contributed by atoms with van der Waals surface area (Å²) in [6.45, 7) is 1.69. The summed E-state index contributed by atoms with van der Waals surface area (Å²) < 4.78 is 22.0. The number of halogens is 1. The number of hydrogen-bond acceptors (Lipinski definition) is 3. The van der Waals surface area contributed by atoms with Gasteiger partial charge in [0, 0.05) is 23.8 Å². The molecule has 0 aromatic heterocycles. The van der Waals surface area contributed by atoms with E-state index in [0.717, 1.165) is 18.7 Å². The largest absolute Gasteiger partial charge is 0.309 e. The fraction of sp³-hybridized carbons (Fsp3) is 0.200. The Morgan fingerprint density at radius 2 is 1.87 bits per heavy atom. The van der Waals surface area contributed by atoms with E-state index < -0.39 is 9.05 Å².